The number of nitrogens with one attached hydrogen (secondary N) is 1. The van der Waals surface area contributed by atoms with Crippen molar-refractivity contribution in [2.75, 3.05) is 18.0 Å². The standard InChI is InChI=1S/C26H32ClN5O4S/c1-26(2,3)36-24(34)16-10-12-32(13-11-16)25-31-30-23(37-25)22(33)29-18-5-8-19(9-6-18)35-20-7-4-17(15-28)21(27)14-20/h4,7,14,16,18-19H,5-6,8-13H2,1-3H3,(H,29,33). The molecule has 0 bridgehead atoms. The van der Waals surface area contributed by atoms with E-state index in [1.807, 2.05) is 26.8 Å². The number of carbonyl (C=O) groups excluding carboxylic acids is 2. The van der Waals surface area contributed by atoms with Crippen molar-refractivity contribution >= 4 is 39.9 Å². The highest BCUT2D eigenvalue weighted by molar-refractivity contribution is 7.17. The molecule has 1 aromatic carbocycles. The molecule has 2 heterocycles. The quantitative estimate of drug-likeness (QED) is 0.517. The number of nitriles is 1. The summed E-state index contributed by atoms with van der Waals surface area (Å²) in [6, 6.07) is 7.17. The smallest absolute Gasteiger partial charge is 0.309 e. The number of esters is 1. The van der Waals surface area contributed by atoms with Crippen LogP contribution in [-0.4, -0.2) is 52.9 Å². The molecule has 0 unspecified atom stereocenters. The third-order valence-corrected chi connectivity index (χ3v) is 7.78. The topological polar surface area (TPSA) is 117 Å². The van der Waals surface area contributed by atoms with Crippen LogP contribution in [0.4, 0.5) is 5.13 Å². The van der Waals surface area contributed by atoms with Gasteiger partial charge in [-0.3, -0.25) is 9.59 Å². The maximum atomic E-state index is 12.8. The average molecular weight is 546 g/mol. The highest BCUT2D eigenvalue weighted by Crippen LogP contribution is 2.29. The second-order valence-electron chi connectivity index (χ2n) is 10.5. The molecule has 11 heteroatoms. The maximum absolute atomic E-state index is 12.8. The van der Waals surface area contributed by atoms with Crippen molar-refractivity contribution in [3.63, 3.8) is 0 Å². The lowest BCUT2D eigenvalue weighted by atomic mass is 9.93. The Kier molecular flexibility index (Phi) is 8.55. The van der Waals surface area contributed by atoms with Crippen LogP contribution in [0.3, 0.4) is 0 Å². The molecule has 4 rings (SSSR count). The number of rotatable bonds is 6. The molecule has 1 saturated heterocycles. The van der Waals surface area contributed by atoms with Gasteiger partial charge in [0.2, 0.25) is 10.1 Å². The number of benzene rings is 1. The van der Waals surface area contributed by atoms with Crippen LogP contribution < -0.4 is 15.0 Å². The summed E-state index contributed by atoms with van der Waals surface area (Å²) in [5.74, 6) is 0.174. The van der Waals surface area contributed by atoms with E-state index in [2.05, 4.69) is 20.4 Å². The molecule has 0 radical (unpaired) electrons. The van der Waals surface area contributed by atoms with Gasteiger partial charge >= 0.3 is 5.97 Å². The van der Waals surface area contributed by atoms with Crippen molar-refractivity contribution in [3.8, 4) is 11.8 Å². The van der Waals surface area contributed by atoms with Crippen LogP contribution in [0, 0.1) is 17.2 Å². The number of carbonyl (C=O) groups is 2. The Hall–Kier alpha value is -2.90. The van der Waals surface area contributed by atoms with Crippen molar-refractivity contribution in [2.24, 2.45) is 5.92 Å². The third kappa shape index (κ3) is 7.33. The second-order valence-corrected chi connectivity index (χ2v) is 11.9. The summed E-state index contributed by atoms with van der Waals surface area (Å²) in [5, 5.41) is 21.9. The molecule has 1 aromatic heterocycles. The molecule has 2 fully saturated rings. The highest BCUT2D eigenvalue weighted by Gasteiger charge is 2.31. The predicted octanol–water partition coefficient (Wildman–Crippen LogP) is 4.74. The zero-order valence-electron chi connectivity index (χ0n) is 21.3. The molecule has 1 N–H and O–H groups in total. The fourth-order valence-electron chi connectivity index (χ4n) is 4.55. The van der Waals surface area contributed by atoms with Gasteiger partial charge in [0.25, 0.3) is 5.91 Å². The molecule has 1 saturated carbocycles. The average Bonchev–Trinajstić information content (AvgIpc) is 3.35. The Balaban J connectivity index is 1.22. The molecule has 37 heavy (non-hydrogen) atoms. The van der Waals surface area contributed by atoms with Crippen molar-refractivity contribution in [2.45, 2.75) is 77.0 Å². The van der Waals surface area contributed by atoms with E-state index >= 15 is 0 Å². The number of anilines is 1. The highest BCUT2D eigenvalue weighted by atomic mass is 35.5. The molecule has 2 aromatic rings. The number of halogens is 1. The first kappa shape index (κ1) is 27.1. The number of piperidine rings is 1. The van der Waals surface area contributed by atoms with E-state index in [9.17, 15) is 9.59 Å². The summed E-state index contributed by atoms with van der Waals surface area (Å²) >= 11 is 7.37. The maximum Gasteiger partial charge on any atom is 0.309 e. The van der Waals surface area contributed by atoms with Crippen LogP contribution in [0.2, 0.25) is 5.02 Å². The fourth-order valence-corrected chi connectivity index (χ4v) is 5.56. The van der Waals surface area contributed by atoms with Crippen LogP contribution in [0.15, 0.2) is 18.2 Å². The fraction of sp³-hybridized carbons (Fsp3) is 0.577. The lowest BCUT2D eigenvalue weighted by Gasteiger charge is -2.32. The van der Waals surface area contributed by atoms with E-state index in [0.29, 0.717) is 52.4 Å². The molecular weight excluding hydrogens is 514 g/mol. The summed E-state index contributed by atoms with van der Waals surface area (Å²) in [4.78, 5) is 27.2. The van der Waals surface area contributed by atoms with Gasteiger partial charge < -0.3 is 19.7 Å². The first-order valence-electron chi connectivity index (χ1n) is 12.6. The molecule has 198 valence electrons. The molecular formula is C26H32ClN5O4S. The van der Waals surface area contributed by atoms with E-state index in [-0.39, 0.29) is 29.9 Å². The van der Waals surface area contributed by atoms with Crippen LogP contribution in [0.5, 0.6) is 5.75 Å². The van der Waals surface area contributed by atoms with Gasteiger partial charge in [-0.15, -0.1) is 10.2 Å². The SMILES string of the molecule is CC(C)(C)OC(=O)C1CCN(c2nnc(C(=O)NC3CCC(Oc4ccc(C#N)c(Cl)c4)CC3)s2)CC1. The summed E-state index contributed by atoms with van der Waals surface area (Å²) in [6.07, 6.45) is 4.61. The Bertz CT molecular complexity index is 1160. The van der Waals surface area contributed by atoms with Crippen molar-refractivity contribution in [1.82, 2.24) is 15.5 Å². The van der Waals surface area contributed by atoms with Gasteiger partial charge in [-0.25, -0.2) is 0 Å². The predicted molar refractivity (Wildman–Crippen MR) is 141 cm³/mol. The number of amides is 1. The largest absolute Gasteiger partial charge is 0.490 e. The third-order valence-electron chi connectivity index (χ3n) is 6.49. The molecule has 0 spiro atoms. The first-order valence-corrected chi connectivity index (χ1v) is 13.8. The number of nitrogens with zero attached hydrogens (tertiary/aromatic N) is 4. The Labute approximate surface area is 226 Å². The van der Waals surface area contributed by atoms with Gasteiger partial charge in [-0.2, -0.15) is 5.26 Å². The minimum absolute atomic E-state index is 0.0360. The van der Waals surface area contributed by atoms with Gasteiger partial charge in [0.15, 0.2) is 0 Å². The zero-order chi connectivity index (χ0) is 26.6. The molecule has 0 atom stereocenters. The minimum atomic E-state index is -0.485. The minimum Gasteiger partial charge on any atom is -0.490 e. The molecule has 9 nitrogen and oxygen atoms in total. The van der Waals surface area contributed by atoms with E-state index in [1.54, 1.807) is 18.2 Å². The van der Waals surface area contributed by atoms with E-state index < -0.39 is 5.60 Å². The van der Waals surface area contributed by atoms with Crippen LogP contribution in [0.25, 0.3) is 0 Å². The first-order chi connectivity index (χ1) is 17.6. The van der Waals surface area contributed by atoms with Gasteiger partial charge in [0, 0.05) is 25.2 Å². The Morgan fingerprint density at radius 1 is 1.14 bits per heavy atom. The number of ether oxygens (including phenoxy) is 2. The van der Waals surface area contributed by atoms with Crippen molar-refractivity contribution < 1.29 is 19.1 Å². The molecule has 1 aliphatic heterocycles. The lowest BCUT2D eigenvalue weighted by molar-refractivity contribution is -0.160. The Morgan fingerprint density at radius 3 is 2.46 bits per heavy atom. The Morgan fingerprint density at radius 2 is 1.84 bits per heavy atom. The number of hydrogen-bond acceptors (Lipinski definition) is 9. The molecule has 1 aliphatic carbocycles. The summed E-state index contributed by atoms with van der Waals surface area (Å²) in [7, 11) is 0. The van der Waals surface area contributed by atoms with Crippen LogP contribution in [-0.2, 0) is 9.53 Å². The van der Waals surface area contributed by atoms with E-state index in [0.717, 1.165) is 25.7 Å². The zero-order valence-corrected chi connectivity index (χ0v) is 22.9. The number of aromatic nitrogens is 2. The van der Waals surface area contributed by atoms with Crippen molar-refractivity contribution in [1.29, 1.82) is 5.26 Å². The van der Waals surface area contributed by atoms with Crippen LogP contribution >= 0.6 is 22.9 Å². The monoisotopic (exact) mass is 545 g/mol. The van der Waals surface area contributed by atoms with Gasteiger partial charge in [0.1, 0.15) is 17.4 Å². The summed E-state index contributed by atoms with van der Waals surface area (Å²) in [5.41, 5.74) is -0.0630. The summed E-state index contributed by atoms with van der Waals surface area (Å²) in [6.45, 7) is 6.98. The van der Waals surface area contributed by atoms with Gasteiger partial charge in [-0.1, -0.05) is 22.9 Å². The molecule has 1 amide bonds. The van der Waals surface area contributed by atoms with E-state index in [1.165, 1.54) is 11.3 Å². The van der Waals surface area contributed by atoms with Gasteiger partial charge in [-0.05, 0) is 71.4 Å². The van der Waals surface area contributed by atoms with Crippen molar-refractivity contribution in [3.05, 3.63) is 33.8 Å². The molecule has 2 aliphatic rings. The second kappa shape index (κ2) is 11.7. The normalized spacial score (nSPS) is 20.7. The van der Waals surface area contributed by atoms with E-state index in [4.69, 9.17) is 26.3 Å². The number of hydrogen-bond donors (Lipinski definition) is 1. The van der Waals surface area contributed by atoms with Gasteiger partial charge in [0.05, 0.1) is 22.6 Å². The lowest BCUT2D eigenvalue weighted by Crippen LogP contribution is -2.39. The van der Waals surface area contributed by atoms with Crippen LogP contribution in [0.1, 0.15) is 74.7 Å². The summed E-state index contributed by atoms with van der Waals surface area (Å²) < 4.78 is 11.5.